The third-order valence-corrected chi connectivity index (χ3v) is 18.9. The summed E-state index contributed by atoms with van der Waals surface area (Å²) in [5.74, 6) is 3.24. The van der Waals surface area contributed by atoms with E-state index in [1.807, 2.05) is 0 Å². The number of ether oxygens (including phenoxy) is 2. The molecule has 1 aliphatic carbocycles. The number of rotatable bonds is 10. The molecule has 0 saturated heterocycles. The van der Waals surface area contributed by atoms with Gasteiger partial charge in [-0.2, -0.15) is 0 Å². The number of anilines is 6. The van der Waals surface area contributed by atoms with E-state index in [1.165, 1.54) is 33.2 Å². The average molecular weight is 1160 g/mol. The van der Waals surface area contributed by atoms with Gasteiger partial charge in [-0.25, -0.2) is 0 Å². The third-order valence-electron chi connectivity index (χ3n) is 18.9. The molecule has 14 aromatic carbocycles. The second-order valence-electron chi connectivity index (χ2n) is 23.9. The number of benzene rings is 14. The molecule has 1 aromatic heterocycles. The molecule has 3 heterocycles. The maximum atomic E-state index is 7.40. The average Bonchev–Trinajstić information content (AvgIpc) is 1.44. The third kappa shape index (κ3) is 8.39. The van der Waals surface area contributed by atoms with E-state index in [2.05, 4.69) is 354 Å². The van der Waals surface area contributed by atoms with E-state index in [-0.39, 0.29) is 5.92 Å². The normalized spacial score (nSPS) is 13.6. The first kappa shape index (κ1) is 52.2. The summed E-state index contributed by atoms with van der Waals surface area (Å²) in [5.41, 5.74) is 23.6. The van der Waals surface area contributed by atoms with E-state index < -0.39 is 5.41 Å². The molecule has 5 heteroatoms. The van der Waals surface area contributed by atoms with Crippen molar-refractivity contribution in [2.24, 2.45) is 0 Å². The van der Waals surface area contributed by atoms with Crippen molar-refractivity contribution in [1.82, 2.24) is 4.57 Å². The standard InChI is InChI=1S/C86H57N3O2/c1-5-23-57(24-6-1)60-29-21-33-63(51-60)87(65-43-47-72-73(53-65)69-35-13-14-37-71(69)85(72)59-27-9-3-10-28-59)67-45-49-83-77(55-67)86(75-38-16-19-41-81(75)90-82-42-20-17-39-76(82)86)78-56-68(46-50-84(78)91-83)88(64-34-22-30-61(52-64)58-25-7-2-8-26-58)66-44-48-80-74(54-66)70-36-15-18-40-79(70)89(80)62-31-11-4-12-32-62/h1-56,85H. The molecule has 18 rings (SSSR count). The van der Waals surface area contributed by atoms with Crippen LogP contribution in [-0.2, 0) is 5.41 Å². The quantitative estimate of drug-likeness (QED) is 0.137. The molecule has 0 fully saturated rings. The van der Waals surface area contributed by atoms with Crippen LogP contribution in [-0.4, -0.2) is 4.57 Å². The van der Waals surface area contributed by atoms with Crippen molar-refractivity contribution >= 4 is 55.9 Å². The molecule has 91 heavy (non-hydrogen) atoms. The molecule has 428 valence electrons. The summed E-state index contributed by atoms with van der Waals surface area (Å²) in [7, 11) is 0. The highest BCUT2D eigenvalue weighted by molar-refractivity contribution is 6.11. The second kappa shape index (κ2) is 21.2. The topological polar surface area (TPSA) is 29.9 Å². The summed E-state index contributed by atoms with van der Waals surface area (Å²) in [4.78, 5) is 4.86. The van der Waals surface area contributed by atoms with E-state index in [1.54, 1.807) is 0 Å². The van der Waals surface area contributed by atoms with Crippen LogP contribution in [0, 0.1) is 0 Å². The molecule has 0 N–H and O–H groups in total. The van der Waals surface area contributed by atoms with Crippen LogP contribution in [0.25, 0.3) is 60.9 Å². The number of hydrogen-bond donors (Lipinski definition) is 0. The highest BCUT2D eigenvalue weighted by atomic mass is 16.5. The molecule has 1 atom stereocenters. The van der Waals surface area contributed by atoms with Gasteiger partial charge in [0, 0.05) is 78.8 Å². The fraction of sp³-hybridized carbons (Fsp3) is 0.0233. The van der Waals surface area contributed by atoms with Gasteiger partial charge in [-0.05, 0) is 171 Å². The van der Waals surface area contributed by atoms with Crippen LogP contribution >= 0.6 is 0 Å². The largest absolute Gasteiger partial charge is 0.457 e. The molecule has 2 aliphatic heterocycles. The van der Waals surface area contributed by atoms with Crippen LogP contribution in [0.4, 0.5) is 34.1 Å². The van der Waals surface area contributed by atoms with Crippen molar-refractivity contribution in [3.8, 4) is 62.1 Å². The van der Waals surface area contributed by atoms with E-state index in [4.69, 9.17) is 9.47 Å². The highest BCUT2D eigenvalue weighted by Crippen LogP contribution is 2.63. The van der Waals surface area contributed by atoms with E-state index in [9.17, 15) is 0 Å². The summed E-state index contributed by atoms with van der Waals surface area (Å²) in [6, 6.07) is 123. The summed E-state index contributed by atoms with van der Waals surface area (Å²) in [6.45, 7) is 0. The molecule has 0 amide bonds. The van der Waals surface area contributed by atoms with Gasteiger partial charge in [0.05, 0.1) is 16.4 Å². The van der Waals surface area contributed by atoms with Crippen LogP contribution in [0.2, 0.25) is 0 Å². The van der Waals surface area contributed by atoms with Crippen molar-refractivity contribution in [3.63, 3.8) is 0 Å². The Morgan fingerprint density at radius 2 is 0.714 bits per heavy atom. The van der Waals surface area contributed by atoms with E-state index in [0.29, 0.717) is 0 Å². The molecule has 0 radical (unpaired) electrons. The van der Waals surface area contributed by atoms with Crippen molar-refractivity contribution in [2.75, 3.05) is 9.80 Å². The Balaban J connectivity index is 0.872. The zero-order chi connectivity index (χ0) is 60.0. The lowest BCUT2D eigenvalue weighted by molar-refractivity contribution is 0.399. The molecule has 1 unspecified atom stereocenters. The fourth-order valence-corrected chi connectivity index (χ4v) is 15.0. The number of para-hydroxylation sites is 4. The summed E-state index contributed by atoms with van der Waals surface area (Å²) in [5, 5.41) is 2.35. The fourth-order valence-electron chi connectivity index (χ4n) is 15.0. The van der Waals surface area contributed by atoms with Gasteiger partial charge in [-0.15, -0.1) is 0 Å². The zero-order valence-corrected chi connectivity index (χ0v) is 49.6. The van der Waals surface area contributed by atoms with Gasteiger partial charge in [0.1, 0.15) is 23.0 Å². The summed E-state index contributed by atoms with van der Waals surface area (Å²) < 4.78 is 16.8. The monoisotopic (exact) mass is 1160 g/mol. The number of nitrogens with zero attached hydrogens (tertiary/aromatic N) is 3. The Bertz CT molecular complexity index is 5280. The van der Waals surface area contributed by atoms with Gasteiger partial charge < -0.3 is 23.8 Å². The minimum absolute atomic E-state index is 0.115. The van der Waals surface area contributed by atoms with Gasteiger partial charge in [-0.3, -0.25) is 0 Å². The first-order chi connectivity index (χ1) is 45.1. The van der Waals surface area contributed by atoms with Gasteiger partial charge >= 0.3 is 0 Å². The lowest BCUT2D eigenvalue weighted by Gasteiger charge is -2.45. The molecular weight excluding hydrogens is 1110 g/mol. The molecule has 5 nitrogen and oxygen atoms in total. The van der Waals surface area contributed by atoms with Crippen LogP contribution in [0.5, 0.6) is 23.0 Å². The Hall–Kier alpha value is -11.9. The maximum absolute atomic E-state index is 7.40. The summed E-state index contributed by atoms with van der Waals surface area (Å²) in [6.07, 6.45) is 0. The van der Waals surface area contributed by atoms with Crippen LogP contribution in [0.3, 0.4) is 0 Å². The van der Waals surface area contributed by atoms with Crippen LogP contribution in [0.1, 0.15) is 44.9 Å². The molecule has 15 aromatic rings. The van der Waals surface area contributed by atoms with Crippen molar-refractivity contribution < 1.29 is 9.47 Å². The minimum Gasteiger partial charge on any atom is -0.457 e. The lowest BCUT2D eigenvalue weighted by Crippen LogP contribution is -2.37. The summed E-state index contributed by atoms with van der Waals surface area (Å²) >= 11 is 0. The Labute approximate surface area is 528 Å². The number of fused-ring (bicyclic) bond motifs is 14. The van der Waals surface area contributed by atoms with Gasteiger partial charge in [0.25, 0.3) is 0 Å². The number of aromatic nitrogens is 1. The molecule has 1 spiro atoms. The predicted molar refractivity (Wildman–Crippen MR) is 372 cm³/mol. The van der Waals surface area contributed by atoms with Gasteiger partial charge in [0.15, 0.2) is 0 Å². The van der Waals surface area contributed by atoms with Gasteiger partial charge in [-0.1, -0.05) is 218 Å². The van der Waals surface area contributed by atoms with Crippen molar-refractivity contribution in [3.05, 3.63) is 379 Å². The number of hydrogen-bond acceptors (Lipinski definition) is 4. The Morgan fingerprint density at radius 3 is 1.34 bits per heavy atom. The predicted octanol–water partition coefficient (Wildman–Crippen LogP) is 22.8. The van der Waals surface area contributed by atoms with Crippen LogP contribution in [0.15, 0.2) is 340 Å². The Morgan fingerprint density at radius 1 is 0.275 bits per heavy atom. The smallest absolute Gasteiger partial charge is 0.132 e. The molecule has 0 saturated carbocycles. The lowest BCUT2D eigenvalue weighted by atomic mass is 9.62. The first-order valence-corrected chi connectivity index (χ1v) is 31.2. The molecule has 3 aliphatic rings. The first-order valence-electron chi connectivity index (χ1n) is 31.2. The highest BCUT2D eigenvalue weighted by Gasteiger charge is 2.51. The van der Waals surface area contributed by atoms with E-state index >= 15 is 0 Å². The SMILES string of the molecule is c1ccc(-c2cccc(N(c3ccc4c(c3)-c3ccccc3C4c3ccccc3)c3ccc4c(c3)C3(c5ccccc5Oc5ccccc53)c3cc(N(c5cccc(-c6ccccc6)c5)c5ccc6c(c5)c5ccccc5n6-c5ccccc5)ccc3O4)c2)cc1. The van der Waals surface area contributed by atoms with Crippen molar-refractivity contribution in [2.45, 2.75) is 11.3 Å². The maximum Gasteiger partial charge on any atom is 0.132 e. The zero-order valence-electron chi connectivity index (χ0n) is 49.6. The van der Waals surface area contributed by atoms with Crippen molar-refractivity contribution in [1.29, 1.82) is 0 Å². The van der Waals surface area contributed by atoms with Gasteiger partial charge in [0.2, 0.25) is 0 Å². The minimum atomic E-state index is -0.956. The molecular formula is C86H57N3O2. The second-order valence-corrected chi connectivity index (χ2v) is 23.9. The molecule has 0 bridgehead atoms. The Kier molecular flexibility index (Phi) is 12.1. The van der Waals surface area contributed by atoms with E-state index in [0.717, 1.165) is 124 Å². The van der Waals surface area contributed by atoms with Crippen LogP contribution < -0.4 is 19.3 Å².